The van der Waals surface area contributed by atoms with E-state index in [1.165, 1.54) is 5.56 Å². The summed E-state index contributed by atoms with van der Waals surface area (Å²) in [6.45, 7) is 0. The Labute approximate surface area is 152 Å². The van der Waals surface area contributed by atoms with Crippen molar-refractivity contribution in [2.24, 2.45) is 0 Å². The monoisotopic (exact) mass is 345 g/mol. The zero-order valence-electron chi connectivity index (χ0n) is 13.8. The summed E-state index contributed by atoms with van der Waals surface area (Å²) in [6, 6.07) is 28.1. The summed E-state index contributed by atoms with van der Waals surface area (Å²) in [5.41, 5.74) is 3.10. The van der Waals surface area contributed by atoms with Crippen molar-refractivity contribution in [2.45, 2.75) is 10.6 Å². The van der Waals surface area contributed by atoms with Crippen LogP contribution in [0.15, 0.2) is 95.9 Å². The first-order valence-corrected chi connectivity index (χ1v) is 9.09. The zero-order chi connectivity index (χ0) is 17.3. The molecule has 0 bridgehead atoms. The molecule has 0 radical (unpaired) electrons. The minimum absolute atomic E-state index is 0.130. The summed E-state index contributed by atoms with van der Waals surface area (Å²) in [7, 11) is 0. The lowest BCUT2D eigenvalue weighted by atomic mass is 10.2. The van der Waals surface area contributed by atoms with Crippen molar-refractivity contribution < 1.29 is 4.79 Å². The highest BCUT2D eigenvalue weighted by molar-refractivity contribution is 7.98. The van der Waals surface area contributed by atoms with Crippen molar-refractivity contribution >= 4 is 29.4 Å². The van der Waals surface area contributed by atoms with Crippen molar-refractivity contribution in [1.82, 2.24) is 0 Å². The van der Waals surface area contributed by atoms with Gasteiger partial charge < -0.3 is 5.32 Å². The third kappa shape index (κ3) is 5.66. The highest BCUT2D eigenvalue weighted by atomic mass is 32.2. The molecule has 0 saturated heterocycles. The van der Waals surface area contributed by atoms with Crippen LogP contribution in [-0.4, -0.2) is 5.91 Å². The predicted octanol–water partition coefficient (Wildman–Crippen LogP) is 5.63. The molecule has 0 aliphatic heterocycles. The molecule has 0 saturated carbocycles. The fourth-order valence-electron chi connectivity index (χ4n) is 2.32. The number of rotatable bonds is 6. The van der Waals surface area contributed by atoms with Gasteiger partial charge in [0.2, 0.25) is 5.91 Å². The third-order valence-corrected chi connectivity index (χ3v) is 4.64. The molecule has 1 amide bonds. The molecule has 0 aliphatic carbocycles. The minimum Gasteiger partial charge on any atom is -0.322 e. The van der Waals surface area contributed by atoms with Crippen LogP contribution in [0.5, 0.6) is 0 Å². The molecule has 3 heteroatoms. The molecule has 0 aromatic heterocycles. The normalized spacial score (nSPS) is 10.7. The molecule has 3 aromatic rings. The Morgan fingerprint density at radius 1 is 0.880 bits per heavy atom. The molecule has 0 unspecified atom stereocenters. The molecule has 3 rings (SSSR count). The second-order valence-electron chi connectivity index (χ2n) is 5.54. The lowest BCUT2D eigenvalue weighted by Crippen LogP contribution is -2.07. The number of thioether (sulfide) groups is 1. The summed E-state index contributed by atoms with van der Waals surface area (Å²) >= 11 is 1.76. The van der Waals surface area contributed by atoms with E-state index >= 15 is 0 Å². The molecular weight excluding hydrogens is 326 g/mol. The summed E-state index contributed by atoms with van der Waals surface area (Å²) in [6.07, 6.45) is 3.36. The topological polar surface area (TPSA) is 29.1 Å². The van der Waals surface area contributed by atoms with Gasteiger partial charge in [-0.2, -0.15) is 0 Å². The number of amides is 1. The van der Waals surface area contributed by atoms with Crippen LogP contribution in [0.3, 0.4) is 0 Å². The van der Waals surface area contributed by atoms with Crippen molar-refractivity contribution in [3.8, 4) is 0 Å². The first-order chi connectivity index (χ1) is 12.3. The number of benzene rings is 3. The molecule has 0 spiro atoms. The number of hydrogen-bond donors (Lipinski definition) is 1. The van der Waals surface area contributed by atoms with Crippen molar-refractivity contribution in [1.29, 1.82) is 0 Å². The molecule has 25 heavy (non-hydrogen) atoms. The van der Waals surface area contributed by atoms with Crippen LogP contribution in [-0.2, 0) is 10.5 Å². The van der Waals surface area contributed by atoms with Gasteiger partial charge >= 0.3 is 0 Å². The van der Waals surface area contributed by atoms with Crippen LogP contribution in [0.25, 0.3) is 6.08 Å². The van der Waals surface area contributed by atoms with Gasteiger partial charge in [-0.3, -0.25) is 4.79 Å². The van der Waals surface area contributed by atoms with Crippen LogP contribution >= 0.6 is 11.8 Å². The van der Waals surface area contributed by atoms with Gasteiger partial charge in [0.15, 0.2) is 0 Å². The van der Waals surface area contributed by atoms with Gasteiger partial charge in [-0.1, -0.05) is 66.7 Å². The Morgan fingerprint density at radius 3 is 2.36 bits per heavy atom. The van der Waals surface area contributed by atoms with E-state index in [1.54, 1.807) is 17.8 Å². The van der Waals surface area contributed by atoms with Crippen molar-refractivity contribution in [3.05, 3.63) is 102 Å². The van der Waals surface area contributed by atoms with E-state index in [0.29, 0.717) is 0 Å². The minimum atomic E-state index is -0.130. The van der Waals surface area contributed by atoms with E-state index in [4.69, 9.17) is 0 Å². The molecule has 2 nitrogen and oxygen atoms in total. The maximum atomic E-state index is 12.1. The van der Waals surface area contributed by atoms with Crippen LogP contribution < -0.4 is 5.32 Å². The molecular formula is C22H19NOS. The van der Waals surface area contributed by atoms with Crippen LogP contribution in [0.1, 0.15) is 11.1 Å². The SMILES string of the molecule is O=C(/C=C/c1ccccc1)Nc1cccc(SCc2ccccc2)c1. The number of carbonyl (C=O) groups excluding carboxylic acids is 1. The zero-order valence-corrected chi connectivity index (χ0v) is 14.6. The maximum absolute atomic E-state index is 12.1. The fraction of sp³-hybridized carbons (Fsp3) is 0.0455. The Bertz CT molecular complexity index is 844. The molecule has 0 aliphatic rings. The van der Waals surface area contributed by atoms with Gasteiger partial charge in [-0.05, 0) is 35.4 Å². The molecule has 0 atom stereocenters. The average molecular weight is 345 g/mol. The second kappa shape index (κ2) is 8.90. The Balaban J connectivity index is 1.57. The van der Waals surface area contributed by atoms with Crippen molar-refractivity contribution in [2.75, 3.05) is 5.32 Å². The molecule has 3 aromatic carbocycles. The molecule has 1 N–H and O–H groups in total. The van der Waals surface area contributed by atoms with Gasteiger partial charge in [-0.15, -0.1) is 11.8 Å². The Hall–Kier alpha value is -2.78. The predicted molar refractivity (Wildman–Crippen MR) is 107 cm³/mol. The highest BCUT2D eigenvalue weighted by Crippen LogP contribution is 2.25. The van der Waals surface area contributed by atoms with Crippen molar-refractivity contribution in [3.63, 3.8) is 0 Å². The van der Waals surface area contributed by atoms with E-state index in [-0.39, 0.29) is 5.91 Å². The third-order valence-electron chi connectivity index (χ3n) is 3.58. The standard InChI is InChI=1S/C22H19NOS/c24-22(15-14-18-8-3-1-4-9-18)23-20-12-7-13-21(16-20)25-17-19-10-5-2-6-11-19/h1-16H,17H2,(H,23,24)/b15-14+. The highest BCUT2D eigenvalue weighted by Gasteiger charge is 2.01. The maximum Gasteiger partial charge on any atom is 0.248 e. The summed E-state index contributed by atoms with van der Waals surface area (Å²) in [5.74, 6) is 0.778. The second-order valence-corrected chi connectivity index (χ2v) is 6.58. The van der Waals surface area contributed by atoms with Gasteiger partial charge in [0.25, 0.3) is 0 Å². The smallest absolute Gasteiger partial charge is 0.248 e. The van der Waals surface area contributed by atoms with Crippen LogP contribution in [0.4, 0.5) is 5.69 Å². The largest absolute Gasteiger partial charge is 0.322 e. The van der Waals surface area contributed by atoms with Crippen LogP contribution in [0, 0.1) is 0 Å². The lowest BCUT2D eigenvalue weighted by molar-refractivity contribution is -0.111. The summed E-state index contributed by atoms with van der Waals surface area (Å²) in [4.78, 5) is 13.2. The summed E-state index contributed by atoms with van der Waals surface area (Å²) in [5, 5.41) is 2.91. The van der Waals surface area contributed by atoms with Crippen LogP contribution in [0.2, 0.25) is 0 Å². The number of anilines is 1. The Morgan fingerprint density at radius 2 is 1.60 bits per heavy atom. The van der Waals surface area contributed by atoms with E-state index in [9.17, 15) is 4.79 Å². The molecule has 0 heterocycles. The van der Waals surface area contributed by atoms with E-state index in [0.717, 1.165) is 21.9 Å². The van der Waals surface area contributed by atoms with Gasteiger partial charge in [0.1, 0.15) is 0 Å². The first kappa shape index (κ1) is 17.1. The quantitative estimate of drug-likeness (QED) is 0.463. The number of nitrogens with one attached hydrogen (secondary N) is 1. The fourth-order valence-corrected chi connectivity index (χ4v) is 3.24. The lowest BCUT2D eigenvalue weighted by Gasteiger charge is -2.06. The number of carbonyl (C=O) groups is 1. The van der Waals surface area contributed by atoms with E-state index < -0.39 is 0 Å². The Kier molecular flexibility index (Phi) is 6.07. The van der Waals surface area contributed by atoms with E-state index in [1.807, 2.05) is 72.8 Å². The van der Waals surface area contributed by atoms with Gasteiger partial charge in [0, 0.05) is 22.4 Å². The number of hydrogen-bond acceptors (Lipinski definition) is 2. The first-order valence-electron chi connectivity index (χ1n) is 8.10. The molecule has 0 fully saturated rings. The van der Waals surface area contributed by atoms with Gasteiger partial charge in [0.05, 0.1) is 0 Å². The summed E-state index contributed by atoms with van der Waals surface area (Å²) < 4.78 is 0. The van der Waals surface area contributed by atoms with Gasteiger partial charge in [-0.25, -0.2) is 0 Å². The van der Waals surface area contributed by atoms with E-state index in [2.05, 4.69) is 23.5 Å². The average Bonchev–Trinajstić information content (AvgIpc) is 2.67. The molecule has 124 valence electrons.